The number of aliphatic hydroxyl groups excluding tert-OH is 1. The summed E-state index contributed by atoms with van der Waals surface area (Å²) < 4.78 is 32.5. The van der Waals surface area contributed by atoms with Gasteiger partial charge in [0.2, 0.25) is 6.10 Å². The highest BCUT2D eigenvalue weighted by atomic mass is 31.2. The molecule has 0 spiro atoms. The lowest BCUT2D eigenvalue weighted by molar-refractivity contribution is -0.162. The molecule has 0 aromatic carbocycles. The van der Waals surface area contributed by atoms with Crippen LogP contribution in [-0.2, 0) is 32.5 Å². The fourth-order valence-electron chi connectivity index (χ4n) is 0.802. The van der Waals surface area contributed by atoms with Gasteiger partial charge in [-0.2, -0.15) is 0 Å². The molecule has 0 fully saturated rings. The van der Waals surface area contributed by atoms with Gasteiger partial charge in [-0.1, -0.05) is 0 Å². The Labute approximate surface area is 116 Å². The third-order valence-electron chi connectivity index (χ3n) is 1.59. The van der Waals surface area contributed by atoms with Gasteiger partial charge in [0.05, 0.1) is 6.61 Å². The molecule has 0 aromatic rings. The Morgan fingerprint density at radius 3 is 1.90 bits per heavy atom. The lowest BCUT2D eigenvalue weighted by Gasteiger charge is -2.16. The van der Waals surface area contributed by atoms with E-state index in [-0.39, 0.29) is 0 Å². The number of aliphatic hydroxyl groups is 1. The van der Waals surface area contributed by atoms with Crippen LogP contribution in [-0.4, -0.2) is 67.1 Å². The summed E-state index contributed by atoms with van der Waals surface area (Å²) in [7, 11) is -10.1. The molecule has 0 aliphatic rings. The van der Waals surface area contributed by atoms with Crippen LogP contribution in [0.2, 0.25) is 0 Å². The summed E-state index contributed by atoms with van der Waals surface area (Å²) in [6, 6.07) is 0. The predicted molar refractivity (Wildman–Crippen MR) is 59.5 cm³/mol. The van der Waals surface area contributed by atoms with E-state index in [9.17, 15) is 18.7 Å². The number of phosphoric ester groups is 2. The van der Waals surface area contributed by atoms with Gasteiger partial charge in [-0.15, -0.1) is 0 Å². The Kier molecular flexibility index (Phi) is 7.61. The molecule has 0 bridgehead atoms. The smallest absolute Gasteiger partial charge is 0.470 e. The number of esters is 1. The van der Waals surface area contributed by atoms with Crippen molar-refractivity contribution in [3.8, 4) is 0 Å². The number of rotatable bonds is 9. The van der Waals surface area contributed by atoms with Crippen molar-refractivity contribution in [2.75, 3.05) is 13.2 Å². The molecule has 0 heterocycles. The van der Waals surface area contributed by atoms with Crippen LogP contribution in [0.3, 0.4) is 0 Å². The highest BCUT2D eigenvalue weighted by Gasteiger charge is 2.30. The van der Waals surface area contributed by atoms with Crippen molar-refractivity contribution in [2.45, 2.75) is 12.2 Å². The van der Waals surface area contributed by atoms with Crippen LogP contribution in [0.4, 0.5) is 0 Å². The van der Waals surface area contributed by atoms with Crippen molar-refractivity contribution >= 4 is 27.6 Å². The summed E-state index contributed by atoms with van der Waals surface area (Å²) in [5, 5.41) is 17.6. The van der Waals surface area contributed by atoms with E-state index in [1.807, 2.05) is 0 Å². The molecule has 21 heavy (non-hydrogen) atoms. The lowest BCUT2D eigenvalue weighted by atomic mass is 10.3. The summed E-state index contributed by atoms with van der Waals surface area (Å²) in [6.07, 6.45) is -4.35. The van der Waals surface area contributed by atoms with Gasteiger partial charge in [-0.3, -0.25) is 9.05 Å². The van der Waals surface area contributed by atoms with Crippen LogP contribution in [0.25, 0.3) is 0 Å². The van der Waals surface area contributed by atoms with Crippen LogP contribution < -0.4 is 0 Å². The van der Waals surface area contributed by atoms with Crippen LogP contribution in [0, 0.1) is 0 Å². The summed E-state index contributed by atoms with van der Waals surface area (Å²) >= 11 is 0. The summed E-state index contributed by atoms with van der Waals surface area (Å²) in [5.41, 5.74) is 0. The number of hydrogen-bond donors (Lipinski definition) is 6. The fourth-order valence-corrected chi connectivity index (χ4v) is 1.62. The average Bonchev–Trinajstić information content (AvgIpc) is 2.28. The molecule has 0 rings (SSSR count). The second kappa shape index (κ2) is 7.94. The third kappa shape index (κ3) is 10.5. The first-order valence-electron chi connectivity index (χ1n) is 4.83. The largest absolute Gasteiger partial charge is 0.479 e. The Bertz CT molecular complexity index is 461. The minimum absolute atomic E-state index is 1.14. The van der Waals surface area contributed by atoms with E-state index in [1.165, 1.54) is 0 Å². The molecule has 0 aliphatic heterocycles. The van der Waals surface area contributed by atoms with Crippen LogP contribution in [0.15, 0.2) is 0 Å². The second-order valence-corrected chi connectivity index (χ2v) is 5.79. The zero-order valence-corrected chi connectivity index (χ0v) is 11.8. The molecular formula is C6H12O13P2. The molecule has 0 radical (unpaired) electrons. The number of phosphoric acid groups is 2. The third-order valence-corrected chi connectivity index (χ3v) is 2.60. The molecule has 0 aromatic heterocycles. The highest BCUT2D eigenvalue weighted by molar-refractivity contribution is 7.46. The highest BCUT2D eigenvalue weighted by Crippen LogP contribution is 2.37. The molecule has 2 atom stereocenters. The number of carboxylic acids is 1. The Morgan fingerprint density at radius 1 is 1.00 bits per heavy atom. The normalized spacial score (nSPS) is 15.3. The summed E-state index contributed by atoms with van der Waals surface area (Å²) in [5.74, 6) is -3.39. The van der Waals surface area contributed by atoms with Gasteiger partial charge in [0, 0.05) is 0 Å². The zero-order chi connectivity index (χ0) is 16.8. The Balaban J connectivity index is 4.40. The quantitative estimate of drug-likeness (QED) is 0.187. The number of aliphatic carboxylic acids is 1. The van der Waals surface area contributed by atoms with Crippen LogP contribution in [0.1, 0.15) is 0 Å². The topological polar surface area (TPSA) is 217 Å². The molecule has 2 unspecified atom stereocenters. The number of ether oxygens (including phenoxy) is 1. The number of carbonyl (C=O) groups excluding carboxylic acids is 1. The lowest BCUT2D eigenvalue weighted by Crippen LogP contribution is -2.34. The van der Waals surface area contributed by atoms with Gasteiger partial charge < -0.3 is 34.5 Å². The predicted octanol–water partition coefficient (Wildman–Crippen LogP) is -2.44. The van der Waals surface area contributed by atoms with Crippen molar-refractivity contribution in [2.24, 2.45) is 0 Å². The minimum atomic E-state index is -5.16. The van der Waals surface area contributed by atoms with E-state index in [1.54, 1.807) is 0 Å². The average molecular weight is 354 g/mol. The monoisotopic (exact) mass is 354 g/mol. The van der Waals surface area contributed by atoms with E-state index >= 15 is 0 Å². The van der Waals surface area contributed by atoms with Crippen molar-refractivity contribution in [3.63, 3.8) is 0 Å². The molecule has 0 saturated heterocycles. The Morgan fingerprint density at radius 2 is 1.52 bits per heavy atom. The standard InChI is InChI=1S/C6H12O13P2/c7-3(1-18-20(11,12)13)6(10)17-2-4(5(8)9)19-21(14,15)16/h3-4,7H,1-2H2,(H,8,9)(H2,11,12,13)(H2,14,15,16). The maximum absolute atomic E-state index is 11.1. The van der Waals surface area contributed by atoms with Crippen molar-refractivity contribution in [1.82, 2.24) is 0 Å². The molecule has 15 heteroatoms. The van der Waals surface area contributed by atoms with Crippen molar-refractivity contribution in [3.05, 3.63) is 0 Å². The minimum Gasteiger partial charge on any atom is -0.479 e. The zero-order valence-electron chi connectivity index (χ0n) is 10.0. The fraction of sp³-hybridized carbons (Fsp3) is 0.667. The van der Waals surface area contributed by atoms with E-state index in [2.05, 4.69) is 13.8 Å². The first-order valence-corrected chi connectivity index (χ1v) is 7.89. The van der Waals surface area contributed by atoms with E-state index in [0.29, 0.717) is 0 Å². The van der Waals surface area contributed by atoms with Crippen molar-refractivity contribution in [1.29, 1.82) is 0 Å². The van der Waals surface area contributed by atoms with Gasteiger partial charge in [0.25, 0.3) is 0 Å². The molecule has 0 saturated carbocycles. The van der Waals surface area contributed by atoms with Gasteiger partial charge in [0.1, 0.15) is 6.61 Å². The Hall–Kier alpha value is -0.880. The SMILES string of the molecule is O=C(OCC(OP(=O)(O)O)C(=O)O)C(O)COP(=O)(O)O. The summed E-state index contributed by atoms with van der Waals surface area (Å²) in [4.78, 5) is 55.1. The number of carbonyl (C=O) groups is 2. The number of hydrogen-bond acceptors (Lipinski definition) is 8. The van der Waals surface area contributed by atoms with Crippen LogP contribution >= 0.6 is 15.6 Å². The first kappa shape index (κ1) is 20.1. The van der Waals surface area contributed by atoms with Gasteiger partial charge in [-0.05, 0) is 0 Å². The maximum Gasteiger partial charge on any atom is 0.470 e. The summed E-state index contributed by atoms with van der Waals surface area (Å²) in [6.45, 7) is -2.30. The van der Waals surface area contributed by atoms with E-state index in [0.717, 1.165) is 0 Å². The number of carboxylic acid groups (broad SMARTS) is 1. The van der Waals surface area contributed by atoms with Crippen LogP contribution in [0.5, 0.6) is 0 Å². The molecule has 6 N–H and O–H groups in total. The molecule has 0 aliphatic carbocycles. The van der Waals surface area contributed by atoms with Crippen molar-refractivity contribution < 1.29 is 62.3 Å². The molecular weight excluding hydrogens is 342 g/mol. The van der Waals surface area contributed by atoms with Gasteiger partial charge >= 0.3 is 27.6 Å². The molecule has 0 amide bonds. The molecule has 13 nitrogen and oxygen atoms in total. The second-order valence-electron chi connectivity index (χ2n) is 3.36. The maximum atomic E-state index is 11.1. The van der Waals surface area contributed by atoms with E-state index < -0.39 is 53.0 Å². The molecule has 124 valence electrons. The van der Waals surface area contributed by atoms with Gasteiger partial charge in [0.15, 0.2) is 6.10 Å². The first-order chi connectivity index (χ1) is 9.32. The van der Waals surface area contributed by atoms with E-state index in [4.69, 9.17) is 29.8 Å². The van der Waals surface area contributed by atoms with Gasteiger partial charge in [-0.25, -0.2) is 18.7 Å².